The van der Waals surface area contributed by atoms with E-state index >= 15 is 0 Å². The molecule has 1 fully saturated rings. The van der Waals surface area contributed by atoms with Crippen LogP contribution in [0.25, 0.3) is 0 Å². The summed E-state index contributed by atoms with van der Waals surface area (Å²) >= 11 is 4.33. The molecule has 1 N–H and O–H groups in total. The quantitative estimate of drug-likeness (QED) is 0.377. The van der Waals surface area contributed by atoms with Gasteiger partial charge in [0, 0.05) is 31.4 Å². The summed E-state index contributed by atoms with van der Waals surface area (Å²) in [7, 11) is 1.63. The van der Waals surface area contributed by atoms with Gasteiger partial charge in [0.05, 0.1) is 6.61 Å². The molecule has 4 nitrogen and oxygen atoms in total. The maximum atomic E-state index is 9.68. The lowest BCUT2D eigenvalue weighted by atomic mass is 9.86. The molecule has 0 amide bonds. The van der Waals surface area contributed by atoms with Crippen LogP contribution in [0.3, 0.4) is 0 Å². The van der Waals surface area contributed by atoms with Crippen LogP contribution in [0.2, 0.25) is 0 Å². The van der Waals surface area contributed by atoms with Gasteiger partial charge in [0.2, 0.25) is 0 Å². The van der Waals surface area contributed by atoms with Crippen LogP contribution in [0.5, 0.6) is 0 Å². The molecule has 4 atom stereocenters. The maximum absolute atomic E-state index is 9.68. The van der Waals surface area contributed by atoms with E-state index in [9.17, 15) is 5.11 Å². The molecule has 0 aromatic heterocycles. The third-order valence-electron chi connectivity index (χ3n) is 5.98. The molecule has 0 aromatic rings. The van der Waals surface area contributed by atoms with E-state index in [0.717, 1.165) is 39.2 Å². The van der Waals surface area contributed by atoms with Crippen molar-refractivity contribution in [1.82, 2.24) is 9.80 Å². The first-order chi connectivity index (χ1) is 11.9. The summed E-state index contributed by atoms with van der Waals surface area (Å²) in [6.07, 6.45) is 5.67. The fourth-order valence-electron chi connectivity index (χ4n) is 3.86. The molecule has 0 radical (unpaired) electrons. The Kier molecular flexibility index (Phi) is 9.13. The molecule has 2 aliphatic heterocycles. The molecule has 146 valence electrons. The summed E-state index contributed by atoms with van der Waals surface area (Å²) in [4.78, 5) is 4.58. The van der Waals surface area contributed by atoms with Crippen molar-refractivity contribution >= 4 is 22.5 Å². The Labute approximate surface area is 163 Å². The minimum atomic E-state index is -0.312. The lowest BCUT2D eigenvalue weighted by molar-refractivity contribution is -0.0685. The fraction of sp³-hybridized carbons (Fsp3) is 0.895. The van der Waals surface area contributed by atoms with E-state index in [1.54, 1.807) is 10.8 Å². The summed E-state index contributed by atoms with van der Waals surface area (Å²) < 4.78 is 6.21. The van der Waals surface area contributed by atoms with E-state index in [0.29, 0.717) is 17.1 Å². The average molecular weight is 389 g/mol. The van der Waals surface area contributed by atoms with Crippen LogP contribution in [0.4, 0.5) is 0 Å². The number of ether oxygens (including phenoxy) is 1. The number of likely N-dealkylation sites (tertiary alicyclic amines) is 1. The van der Waals surface area contributed by atoms with Crippen molar-refractivity contribution < 1.29 is 9.84 Å². The van der Waals surface area contributed by atoms with Gasteiger partial charge in [0.15, 0.2) is 0 Å². The van der Waals surface area contributed by atoms with Crippen molar-refractivity contribution in [3.63, 3.8) is 0 Å². The Bertz CT molecular complexity index is 426. The highest BCUT2D eigenvalue weighted by molar-refractivity contribution is 8.68. The number of thiol groups is 1. The first-order valence-electron chi connectivity index (χ1n) is 9.69. The monoisotopic (exact) mass is 388 g/mol. The molecule has 0 aliphatic carbocycles. The van der Waals surface area contributed by atoms with Crippen LogP contribution in [-0.4, -0.2) is 65.4 Å². The van der Waals surface area contributed by atoms with E-state index in [1.807, 2.05) is 6.92 Å². The van der Waals surface area contributed by atoms with Gasteiger partial charge >= 0.3 is 0 Å². The molecule has 1 saturated heterocycles. The SMILES string of the molecule is CC(SS)C1=CCN(C(C)OCC(C)C2CCN(C(C)O)CC2)CC1. The standard InChI is InChI=1S/C19H36N2O2S2/c1-14(18-5-9-20(10-6-18)16(3)22)13-23-17(4)21-11-7-19(8-12-21)15(2)25-24/h7,14-18,22,24H,5-6,8-13H2,1-4H3. The topological polar surface area (TPSA) is 35.9 Å². The lowest BCUT2D eigenvalue weighted by Crippen LogP contribution is -2.42. The minimum Gasteiger partial charge on any atom is -0.379 e. The number of piperidine rings is 1. The molecular weight excluding hydrogens is 352 g/mol. The van der Waals surface area contributed by atoms with E-state index in [1.165, 1.54) is 18.4 Å². The number of rotatable bonds is 8. The highest BCUT2D eigenvalue weighted by Gasteiger charge is 2.27. The molecule has 0 aromatic carbocycles. The van der Waals surface area contributed by atoms with E-state index in [2.05, 4.69) is 48.3 Å². The third-order valence-corrected chi connectivity index (χ3v) is 7.55. The second-order valence-corrected chi connectivity index (χ2v) is 9.24. The molecule has 2 aliphatic rings. The molecular formula is C19H36N2O2S2. The number of aliphatic hydroxyl groups is 1. The lowest BCUT2D eigenvalue weighted by Gasteiger charge is -2.37. The smallest absolute Gasteiger partial charge is 0.108 e. The minimum absolute atomic E-state index is 0.178. The highest BCUT2D eigenvalue weighted by Crippen LogP contribution is 2.28. The highest BCUT2D eigenvalue weighted by atomic mass is 33.1. The zero-order chi connectivity index (χ0) is 18.4. The predicted molar refractivity (Wildman–Crippen MR) is 111 cm³/mol. The van der Waals surface area contributed by atoms with Gasteiger partial charge in [-0.15, -0.1) is 11.7 Å². The van der Waals surface area contributed by atoms with Gasteiger partial charge in [-0.1, -0.05) is 29.4 Å². The first-order valence-corrected chi connectivity index (χ1v) is 11.6. The second kappa shape index (κ2) is 10.6. The summed E-state index contributed by atoms with van der Waals surface area (Å²) in [6.45, 7) is 13.5. The van der Waals surface area contributed by atoms with Gasteiger partial charge in [0.25, 0.3) is 0 Å². The van der Waals surface area contributed by atoms with Crippen LogP contribution in [0, 0.1) is 11.8 Å². The Morgan fingerprint density at radius 2 is 1.88 bits per heavy atom. The number of aliphatic hydroxyl groups excluding tert-OH is 1. The van der Waals surface area contributed by atoms with Crippen LogP contribution < -0.4 is 0 Å². The zero-order valence-corrected chi connectivity index (χ0v) is 17.9. The third kappa shape index (κ3) is 6.43. The summed E-state index contributed by atoms with van der Waals surface area (Å²) in [5, 5.41) is 10.2. The second-order valence-electron chi connectivity index (χ2n) is 7.69. The number of nitrogens with zero attached hydrogens (tertiary/aromatic N) is 2. The molecule has 6 heteroatoms. The Hall–Kier alpha value is 0.280. The Morgan fingerprint density at radius 1 is 1.20 bits per heavy atom. The van der Waals surface area contributed by atoms with Crippen molar-refractivity contribution in [2.45, 2.75) is 64.7 Å². The van der Waals surface area contributed by atoms with E-state index < -0.39 is 0 Å². The van der Waals surface area contributed by atoms with Crippen molar-refractivity contribution in [2.75, 3.05) is 32.8 Å². The first kappa shape index (κ1) is 21.6. The Morgan fingerprint density at radius 3 is 2.40 bits per heavy atom. The normalized spacial score (nSPS) is 26.1. The van der Waals surface area contributed by atoms with Crippen molar-refractivity contribution in [1.29, 1.82) is 0 Å². The average Bonchev–Trinajstić information content (AvgIpc) is 2.65. The van der Waals surface area contributed by atoms with Crippen LogP contribution in [0.15, 0.2) is 11.6 Å². The van der Waals surface area contributed by atoms with Crippen molar-refractivity contribution in [2.24, 2.45) is 11.8 Å². The van der Waals surface area contributed by atoms with Crippen LogP contribution in [-0.2, 0) is 4.74 Å². The molecule has 25 heavy (non-hydrogen) atoms. The molecule has 2 heterocycles. The molecule has 0 bridgehead atoms. The Balaban J connectivity index is 1.70. The van der Waals surface area contributed by atoms with Crippen LogP contribution >= 0.6 is 22.5 Å². The van der Waals surface area contributed by atoms with Crippen molar-refractivity contribution in [3.05, 3.63) is 11.6 Å². The summed E-state index contributed by atoms with van der Waals surface area (Å²) in [5.74, 6) is 1.29. The number of hydrogen-bond donors (Lipinski definition) is 2. The molecule has 0 saturated carbocycles. The zero-order valence-electron chi connectivity index (χ0n) is 16.2. The van der Waals surface area contributed by atoms with E-state index in [4.69, 9.17) is 4.74 Å². The van der Waals surface area contributed by atoms with Crippen molar-refractivity contribution in [3.8, 4) is 0 Å². The molecule has 0 spiro atoms. The largest absolute Gasteiger partial charge is 0.379 e. The maximum Gasteiger partial charge on any atom is 0.108 e. The van der Waals surface area contributed by atoms with Crippen LogP contribution in [0.1, 0.15) is 47.0 Å². The molecule has 4 unspecified atom stereocenters. The predicted octanol–water partition coefficient (Wildman–Crippen LogP) is 3.63. The van der Waals surface area contributed by atoms with Gasteiger partial charge < -0.3 is 9.84 Å². The van der Waals surface area contributed by atoms with Gasteiger partial charge in [-0.25, -0.2) is 0 Å². The number of hydrogen-bond acceptors (Lipinski definition) is 6. The van der Waals surface area contributed by atoms with Gasteiger partial charge in [-0.05, 0) is 51.9 Å². The molecule has 2 rings (SSSR count). The summed E-state index contributed by atoms with van der Waals surface area (Å²) in [6, 6.07) is 0. The fourth-order valence-corrected chi connectivity index (χ4v) is 4.62. The van der Waals surface area contributed by atoms with Gasteiger partial charge in [-0.3, -0.25) is 9.80 Å². The summed E-state index contributed by atoms with van der Waals surface area (Å²) in [5.41, 5.74) is 1.52. The van der Waals surface area contributed by atoms with E-state index in [-0.39, 0.29) is 12.5 Å². The van der Waals surface area contributed by atoms with Gasteiger partial charge in [0.1, 0.15) is 12.5 Å². The van der Waals surface area contributed by atoms with Gasteiger partial charge in [-0.2, -0.15) is 0 Å².